The van der Waals surface area contributed by atoms with E-state index in [4.69, 9.17) is 9.47 Å². The Hall–Kier alpha value is -4.39. The van der Waals surface area contributed by atoms with Gasteiger partial charge in [-0.05, 0) is 38.1 Å². The fourth-order valence-corrected chi connectivity index (χ4v) is 3.23. The minimum Gasteiger partial charge on any atom is -0.494 e. The molecule has 2 heterocycles. The number of aliphatic hydroxyl groups excluding tert-OH is 1. The highest BCUT2D eigenvalue weighted by Gasteiger charge is 2.23. The lowest BCUT2D eigenvalue weighted by Gasteiger charge is -2.11. The highest BCUT2D eigenvalue weighted by molar-refractivity contribution is 5.94. The molecule has 0 bridgehead atoms. The van der Waals surface area contributed by atoms with E-state index in [2.05, 4.69) is 24.9 Å². The van der Waals surface area contributed by atoms with E-state index in [0.29, 0.717) is 17.3 Å². The van der Waals surface area contributed by atoms with Crippen LogP contribution in [0.25, 0.3) is 11.4 Å². The third-order valence-corrected chi connectivity index (χ3v) is 4.96. The molecule has 11 nitrogen and oxygen atoms in total. The Labute approximate surface area is 204 Å². The zero-order chi connectivity index (χ0) is 26.4. The van der Waals surface area contributed by atoms with E-state index in [1.54, 1.807) is 19.9 Å². The highest BCUT2D eigenvalue weighted by Crippen LogP contribution is 2.27. The van der Waals surface area contributed by atoms with Crippen molar-refractivity contribution in [2.24, 2.45) is 0 Å². The maximum atomic E-state index is 14.2. The summed E-state index contributed by atoms with van der Waals surface area (Å²) in [6.45, 7) is 2.99. The number of hydrogen-bond donors (Lipinski definition) is 1. The van der Waals surface area contributed by atoms with E-state index in [0.717, 1.165) is 0 Å². The van der Waals surface area contributed by atoms with Gasteiger partial charge >= 0.3 is 5.97 Å². The average molecular weight is 502 g/mol. The number of aliphatic hydroxyl groups is 1. The topological polar surface area (TPSA) is 126 Å². The lowest BCUT2D eigenvalue weighted by molar-refractivity contribution is 0.0594. The van der Waals surface area contributed by atoms with Crippen molar-refractivity contribution in [1.82, 2.24) is 29.5 Å². The molecule has 0 spiro atoms. The SMILES string of the molecule is COC(=O)c1c(-n2cnc(C)n2)ccc(OC)c1F.COc1ccc(-n2cnc(C)n2)c(CO)c1F. The van der Waals surface area contributed by atoms with E-state index >= 15 is 0 Å². The molecule has 4 rings (SSSR count). The van der Waals surface area contributed by atoms with Gasteiger partial charge in [0.2, 0.25) is 0 Å². The van der Waals surface area contributed by atoms with E-state index in [-0.39, 0.29) is 28.3 Å². The van der Waals surface area contributed by atoms with Crippen LogP contribution in [0.4, 0.5) is 8.78 Å². The summed E-state index contributed by atoms with van der Waals surface area (Å²) in [4.78, 5) is 19.6. The molecule has 2 aromatic heterocycles. The maximum Gasteiger partial charge on any atom is 0.343 e. The van der Waals surface area contributed by atoms with Gasteiger partial charge in [0, 0.05) is 5.56 Å². The van der Waals surface area contributed by atoms with Crippen LogP contribution in [0.2, 0.25) is 0 Å². The molecule has 4 aromatic rings. The number of halogens is 2. The predicted molar refractivity (Wildman–Crippen MR) is 122 cm³/mol. The van der Waals surface area contributed by atoms with Crippen LogP contribution >= 0.6 is 0 Å². The van der Waals surface area contributed by atoms with E-state index in [1.165, 1.54) is 61.5 Å². The van der Waals surface area contributed by atoms with Crippen LogP contribution in [0.15, 0.2) is 36.9 Å². The molecule has 0 fully saturated rings. The zero-order valence-electron chi connectivity index (χ0n) is 20.2. The monoisotopic (exact) mass is 502 g/mol. The van der Waals surface area contributed by atoms with Gasteiger partial charge in [0.15, 0.2) is 23.1 Å². The lowest BCUT2D eigenvalue weighted by Crippen LogP contribution is -2.12. The summed E-state index contributed by atoms with van der Waals surface area (Å²) in [5.41, 5.74) is 0.582. The normalized spacial score (nSPS) is 10.4. The van der Waals surface area contributed by atoms with Gasteiger partial charge in [0.1, 0.15) is 29.9 Å². The van der Waals surface area contributed by atoms with Crippen LogP contribution in [0.5, 0.6) is 11.5 Å². The average Bonchev–Trinajstić information content (AvgIpc) is 3.51. The Morgan fingerprint density at radius 2 is 1.36 bits per heavy atom. The standard InChI is InChI=1S/C12H12FN3O3.C11H12FN3O2/c1-7-14-6-16(15-7)8-4-5-9(18-2)11(13)10(8)12(17)19-3;1-7-13-6-15(14-7)9-3-4-10(17-2)11(12)8(9)5-16/h4-6H,1-3H3;3-4,6,16H,5H2,1-2H3. The molecular weight excluding hydrogens is 478 g/mol. The van der Waals surface area contributed by atoms with Crippen LogP contribution in [0, 0.1) is 25.5 Å². The van der Waals surface area contributed by atoms with Crippen molar-refractivity contribution in [3.05, 3.63) is 71.3 Å². The van der Waals surface area contributed by atoms with Gasteiger partial charge in [0.05, 0.1) is 39.3 Å². The number of ether oxygens (including phenoxy) is 3. The summed E-state index contributed by atoms with van der Waals surface area (Å²) >= 11 is 0. The van der Waals surface area contributed by atoms with Gasteiger partial charge in [-0.2, -0.15) is 10.2 Å². The number of carbonyl (C=O) groups excluding carboxylic acids is 1. The second-order valence-electron chi connectivity index (χ2n) is 7.18. The van der Waals surface area contributed by atoms with Crippen molar-refractivity contribution >= 4 is 5.97 Å². The van der Waals surface area contributed by atoms with E-state index in [9.17, 15) is 18.7 Å². The van der Waals surface area contributed by atoms with Crippen LogP contribution in [-0.4, -0.2) is 61.9 Å². The van der Waals surface area contributed by atoms with Gasteiger partial charge in [-0.3, -0.25) is 0 Å². The second-order valence-corrected chi connectivity index (χ2v) is 7.18. The van der Waals surface area contributed by atoms with Gasteiger partial charge in [0.25, 0.3) is 0 Å². The molecule has 0 aliphatic carbocycles. The Bertz CT molecular complexity index is 1370. The Morgan fingerprint density at radius 1 is 0.861 bits per heavy atom. The summed E-state index contributed by atoms with van der Waals surface area (Å²) in [6, 6.07) is 6.04. The minimum absolute atomic E-state index is 0.0408. The van der Waals surface area contributed by atoms with Crippen molar-refractivity contribution in [3.8, 4) is 22.9 Å². The number of rotatable bonds is 6. The number of methoxy groups -OCH3 is 3. The third kappa shape index (κ3) is 5.30. The van der Waals surface area contributed by atoms with Gasteiger partial charge in [-0.1, -0.05) is 0 Å². The fourth-order valence-electron chi connectivity index (χ4n) is 3.23. The molecule has 0 radical (unpaired) electrons. The first kappa shape index (κ1) is 26.2. The summed E-state index contributed by atoms with van der Waals surface area (Å²) in [7, 11) is 3.87. The number of benzene rings is 2. The van der Waals surface area contributed by atoms with Crippen molar-refractivity contribution in [2.45, 2.75) is 20.5 Å². The number of nitrogens with zero attached hydrogens (tertiary/aromatic N) is 6. The van der Waals surface area contributed by atoms with Gasteiger partial charge in [-0.15, -0.1) is 0 Å². The first-order valence-electron chi connectivity index (χ1n) is 10.4. The van der Waals surface area contributed by atoms with Crippen molar-refractivity contribution in [2.75, 3.05) is 21.3 Å². The zero-order valence-corrected chi connectivity index (χ0v) is 20.2. The fraction of sp³-hybridized carbons (Fsp3) is 0.261. The number of aryl methyl sites for hydroxylation is 2. The number of esters is 1. The Balaban J connectivity index is 0.000000202. The molecule has 13 heteroatoms. The van der Waals surface area contributed by atoms with Gasteiger partial charge < -0.3 is 19.3 Å². The number of hydrogen-bond acceptors (Lipinski definition) is 9. The number of carbonyl (C=O) groups is 1. The first-order chi connectivity index (χ1) is 17.2. The minimum atomic E-state index is -0.806. The van der Waals surface area contributed by atoms with E-state index in [1.807, 2.05) is 0 Å². The Kier molecular flexibility index (Phi) is 8.27. The molecule has 0 unspecified atom stereocenters. The predicted octanol–water partition coefficient (Wildman–Crippen LogP) is 2.73. The molecule has 0 amide bonds. The molecule has 2 aromatic carbocycles. The van der Waals surface area contributed by atoms with Crippen LogP contribution in [-0.2, 0) is 11.3 Å². The van der Waals surface area contributed by atoms with Crippen molar-refractivity contribution < 1.29 is 32.9 Å². The van der Waals surface area contributed by atoms with Crippen LogP contribution in [0.3, 0.4) is 0 Å². The highest BCUT2D eigenvalue weighted by atomic mass is 19.1. The molecule has 0 saturated carbocycles. The quantitative estimate of drug-likeness (QED) is 0.396. The third-order valence-electron chi connectivity index (χ3n) is 4.96. The molecule has 1 N–H and O–H groups in total. The second kappa shape index (κ2) is 11.4. The summed E-state index contributed by atoms with van der Waals surface area (Å²) in [6.07, 6.45) is 2.86. The van der Waals surface area contributed by atoms with Crippen molar-refractivity contribution in [1.29, 1.82) is 0 Å². The molecule has 0 saturated heterocycles. The van der Waals surface area contributed by atoms with Crippen LogP contribution < -0.4 is 9.47 Å². The molecule has 36 heavy (non-hydrogen) atoms. The number of aromatic nitrogens is 6. The van der Waals surface area contributed by atoms with E-state index < -0.39 is 24.2 Å². The summed E-state index contributed by atoms with van der Waals surface area (Å²) in [5, 5.41) is 17.3. The molecule has 0 atom stereocenters. The molecule has 0 aliphatic heterocycles. The molecule has 0 aliphatic rings. The van der Waals surface area contributed by atoms with Crippen LogP contribution in [0.1, 0.15) is 27.6 Å². The Morgan fingerprint density at radius 3 is 1.81 bits per heavy atom. The van der Waals surface area contributed by atoms with Crippen molar-refractivity contribution in [3.63, 3.8) is 0 Å². The first-order valence-corrected chi connectivity index (χ1v) is 10.4. The smallest absolute Gasteiger partial charge is 0.343 e. The maximum absolute atomic E-state index is 14.2. The largest absolute Gasteiger partial charge is 0.494 e. The summed E-state index contributed by atoms with van der Waals surface area (Å²) in [5.74, 6) is -1.05. The lowest BCUT2D eigenvalue weighted by atomic mass is 10.1. The molecule has 190 valence electrons. The summed E-state index contributed by atoms with van der Waals surface area (Å²) < 4.78 is 45.1. The van der Waals surface area contributed by atoms with Gasteiger partial charge in [-0.25, -0.2) is 32.9 Å². The molecular formula is C23H24F2N6O5.